The highest BCUT2D eigenvalue weighted by atomic mass is 16.5. The SMILES string of the molecule is COc1cccc(Cn2nnc3cc(C(=O)Nc4cc(C)cc(C)c4)ccc32)c1. The van der Waals surface area contributed by atoms with Gasteiger partial charge < -0.3 is 10.1 Å². The molecule has 0 spiro atoms. The second-order valence-corrected chi connectivity index (χ2v) is 7.13. The van der Waals surface area contributed by atoms with Crippen LogP contribution in [0.5, 0.6) is 5.75 Å². The lowest BCUT2D eigenvalue weighted by atomic mass is 10.1. The van der Waals surface area contributed by atoms with E-state index < -0.39 is 0 Å². The zero-order chi connectivity index (χ0) is 20.4. The summed E-state index contributed by atoms with van der Waals surface area (Å²) in [4.78, 5) is 12.7. The average Bonchev–Trinajstić information content (AvgIpc) is 3.09. The number of benzene rings is 3. The average molecular weight is 386 g/mol. The number of methoxy groups -OCH3 is 1. The molecule has 1 heterocycles. The molecule has 0 aliphatic rings. The van der Waals surface area contributed by atoms with Crippen molar-refractivity contribution in [2.45, 2.75) is 20.4 Å². The monoisotopic (exact) mass is 386 g/mol. The number of nitrogens with zero attached hydrogens (tertiary/aromatic N) is 3. The summed E-state index contributed by atoms with van der Waals surface area (Å²) in [5.74, 6) is 0.636. The van der Waals surface area contributed by atoms with Crippen molar-refractivity contribution in [3.8, 4) is 5.75 Å². The Morgan fingerprint density at radius 1 is 1.03 bits per heavy atom. The number of anilines is 1. The third-order valence-electron chi connectivity index (χ3n) is 4.72. The summed E-state index contributed by atoms with van der Waals surface area (Å²) in [7, 11) is 1.65. The van der Waals surface area contributed by atoms with Crippen molar-refractivity contribution in [3.05, 3.63) is 82.9 Å². The Bertz CT molecular complexity index is 1180. The minimum absolute atomic E-state index is 0.167. The Hall–Kier alpha value is -3.67. The van der Waals surface area contributed by atoms with Gasteiger partial charge in [-0.15, -0.1) is 5.10 Å². The molecule has 1 amide bonds. The Labute approximate surface area is 169 Å². The normalized spacial score (nSPS) is 10.9. The highest BCUT2D eigenvalue weighted by Gasteiger charge is 2.11. The van der Waals surface area contributed by atoms with Crippen LogP contribution in [0.4, 0.5) is 5.69 Å². The molecule has 0 saturated heterocycles. The van der Waals surface area contributed by atoms with E-state index in [-0.39, 0.29) is 5.91 Å². The van der Waals surface area contributed by atoms with Crippen LogP contribution in [0.3, 0.4) is 0 Å². The van der Waals surface area contributed by atoms with E-state index in [1.54, 1.807) is 19.2 Å². The van der Waals surface area contributed by atoms with E-state index in [1.807, 2.05) is 61.0 Å². The summed E-state index contributed by atoms with van der Waals surface area (Å²) < 4.78 is 7.09. The first kappa shape index (κ1) is 18.7. The number of rotatable bonds is 5. The van der Waals surface area contributed by atoms with Crippen LogP contribution in [0.15, 0.2) is 60.7 Å². The van der Waals surface area contributed by atoms with Gasteiger partial charge in [-0.1, -0.05) is 23.4 Å². The van der Waals surface area contributed by atoms with Crippen molar-refractivity contribution in [1.82, 2.24) is 15.0 Å². The van der Waals surface area contributed by atoms with Crippen LogP contribution >= 0.6 is 0 Å². The van der Waals surface area contributed by atoms with Crippen molar-refractivity contribution in [2.75, 3.05) is 12.4 Å². The predicted molar refractivity (Wildman–Crippen MR) is 113 cm³/mol. The molecule has 29 heavy (non-hydrogen) atoms. The lowest BCUT2D eigenvalue weighted by molar-refractivity contribution is 0.102. The quantitative estimate of drug-likeness (QED) is 0.553. The molecular weight excluding hydrogens is 364 g/mol. The number of carbonyl (C=O) groups is 1. The minimum atomic E-state index is -0.167. The topological polar surface area (TPSA) is 69.0 Å². The Kier molecular flexibility index (Phi) is 4.99. The molecule has 0 aliphatic heterocycles. The van der Waals surface area contributed by atoms with E-state index in [1.165, 1.54) is 0 Å². The molecule has 0 radical (unpaired) electrons. The summed E-state index contributed by atoms with van der Waals surface area (Å²) in [6.45, 7) is 4.59. The number of carbonyl (C=O) groups excluding carboxylic acids is 1. The molecule has 0 atom stereocenters. The van der Waals surface area contributed by atoms with Crippen molar-refractivity contribution in [2.24, 2.45) is 0 Å². The van der Waals surface area contributed by atoms with Gasteiger partial charge in [-0.05, 0) is 73.0 Å². The fraction of sp³-hybridized carbons (Fsp3) is 0.174. The van der Waals surface area contributed by atoms with Gasteiger partial charge in [0.2, 0.25) is 0 Å². The van der Waals surface area contributed by atoms with Gasteiger partial charge >= 0.3 is 0 Å². The number of amides is 1. The van der Waals surface area contributed by atoms with Crippen molar-refractivity contribution < 1.29 is 9.53 Å². The molecule has 1 aromatic heterocycles. The fourth-order valence-corrected chi connectivity index (χ4v) is 3.42. The Balaban J connectivity index is 1.56. The molecular formula is C23H22N4O2. The van der Waals surface area contributed by atoms with E-state index >= 15 is 0 Å². The number of hydrogen-bond acceptors (Lipinski definition) is 4. The zero-order valence-electron chi connectivity index (χ0n) is 16.6. The predicted octanol–water partition coefficient (Wildman–Crippen LogP) is 4.36. The third-order valence-corrected chi connectivity index (χ3v) is 4.72. The van der Waals surface area contributed by atoms with Crippen LogP contribution in [0, 0.1) is 13.8 Å². The lowest BCUT2D eigenvalue weighted by Crippen LogP contribution is -2.12. The van der Waals surface area contributed by atoms with Gasteiger partial charge in [-0.3, -0.25) is 4.79 Å². The molecule has 1 N–H and O–H groups in total. The highest BCUT2D eigenvalue weighted by molar-refractivity contribution is 6.06. The van der Waals surface area contributed by atoms with Crippen LogP contribution in [0.25, 0.3) is 11.0 Å². The summed E-state index contributed by atoms with van der Waals surface area (Å²) in [6.07, 6.45) is 0. The zero-order valence-corrected chi connectivity index (χ0v) is 16.6. The van der Waals surface area contributed by atoms with Gasteiger partial charge in [0.15, 0.2) is 0 Å². The summed E-state index contributed by atoms with van der Waals surface area (Å²) in [6, 6.07) is 19.3. The molecule has 0 unspecified atom stereocenters. The fourth-order valence-electron chi connectivity index (χ4n) is 3.42. The van der Waals surface area contributed by atoms with Crippen molar-refractivity contribution in [3.63, 3.8) is 0 Å². The first-order valence-electron chi connectivity index (χ1n) is 9.37. The third kappa shape index (κ3) is 4.11. The van der Waals surface area contributed by atoms with E-state index in [9.17, 15) is 4.79 Å². The number of hydrogen-bond donors (Lipinski definition) is 1. The summed E-state index contributed by atoms with van der Waals surface area (Å²) in [5.41, 5.74) is 6.16. The largest absolute Gasteiger partial charge is 0.497 e. The van der Waals surface area contributed by atoms with E-state index in [0.717, 1.165) is 33.6 Å². The molecule has 146 valence electrons. The molecule has 6 heteroatoms. The second-order valence-electron chi connectivity index (χ2n) is 7.13. The van der Waals surface area contributed by atoms with Crippen molar-refractivity contribution in [1.29, 1.82) is 0 Å². The van der Waals surface area contributed by atoms with Gasteiger partial charge in [0.1, 0.15) is 11.3 Å². The van der Waals surface area contributed by atoms with Crippen molar-refractivity contribution >= 4 is 22.6 Å². The van der Waals surface area contributed by atoms with E-state index in [0.29, 0.717) is 17.6 Å². The summed E-state index contributed by atoms with van der Waals surface area (Å²) >= 11 is 0. The number of nitrogens with one attached hydrogen (secondary N) is 1. The molecule has 0 fully saturated rings. The lowest BCUT2D eigenvalue weighted by Gasteiger charge is -2.08. The van der Waals surface area contributed by atoms with E-state index in [4.69, 9.17) is 4.74 Å². The highest BCUT2D eigenvalue weighted by Crippen LogP contribution is 2.19. The minimum Gasteiger partial charge on any atom is -0.497 e. The first-order valence-corrected chi connectivity index (χ1v) is 9.37. The smallest absolute Gasteiger partial charge is 0.255 e. The van der Waals surface area contributed by atoms with Crippen LogP contribution in [-0.4, -0.2) is 28.0 Å². The molecule has 6 nitrogen and oxygen atoms in total. The van der Waals surface area contributed by atoms with Gasteiger partial charge in [-0.25, -0.2) is 4.68 Å². The van der Waals surface area contributed by atoms with Gasteiger partial charge in [0.25, 0.3) is 5.91 Å². The standard InChI is InChI=1S/C23H22N4O2/c1-15-9-16(2)11-19(10-15)24-23(28)18-7-8-22-21(13-18)25-26-27(22)14-17-5-4-6-20(12-17)29-3/h4-13H,14H2,1-3H3,(H,24,28). The van der Waals surface area contributed by atoms with E-state index in [2.05, 4.69) is 21.7 Å². The molecule has 0 saturated carbocycles. The Morgan fingerprint density at radius 3 is 2.59 bits per heavy atom. The van der Waals surface area contributed by atoms with Crippen LogP contribution in [0.1, 0.15) is 27.0 Å². The van der Waals surface area contributed by atoms with Crippen LogP contribution < -0.4 is 10.1 Å². The summed E-state index contributed by atoms with van der Waals surface area (Å²) in [5, 5.41) is 11.4. The van der Waals surface area contributed by atoms with Crippen LogP contribution in [0.2, 0.25) is 0 Å². The molecule has 0 bridgehead atoms. The molecule has 3 aromatic carbocycles. The number of fused-ring (bicyclic) bond motifs is 1. The first-order chi connectivity index (χ1) is 14.0. The number of ether oxygens (including phenoxy) is 1. The maximum atomic E-state index is 12.7. The van der Waals surface area contributed by atoms with Crippen LogP contribution in [-0.2, 0) is 6.54 Å². The molecule has 0 aliphatic carbocycles. The molecule has 4 aromatic rings. The maximum absolute atomic E-state index is 12.7. The van der Waals surface area contributed by atoms with Gasteiger partial charge in [-0.2, -0.15) is 0 Å². The number of aromatic nitrogens is 3. The Morgan fingerprint density at radius 2 is 1.83 bits per heavy atom. The molecule has 4 rings (SSSR count). The second kappa shape index (κ2) is 7.75. The van der Waals surface area contributed by atoms with Gasteiger partial charge in [0.05, 0.1) is 19.2 Å². The number of aryl methyl sites for hydroxylation is 2. The maximum Gasteiger partial charge on any atom is 0.255 e. The van der Waals surface area contributed by atoms with Gasteiger partial charge in [0, 0.05) is 11.3 Å².